The molecule has 1 unspecified atom stereocenters. The van der Waals surface area contributed by atoms with Crippen molar-refractivity contribution in [3.63, 3.8) is 0 Å². The van der Waals surface area contributed by atoms with Crippen molar-refractivity contribution in [2.45, 2.75) is 13.0 Å². The van der Waals surface area contributed by atoms with Gasteiger partial charge in [0.2, 0.25) is 5.88 Å². The molecule has 0 amide bonds. The number of nitrogens with two attached hydrogens (primary N) is 1. The van der Waals surface area contributed by atoms with Gasteiger partial charge in [-0.05, 0) is 12.5 Å². The molecule has 0 saturated heterocycles. The number of ether oxygens (including phenoxy) is 1. The fraction of sp³-hybridized carbons (Fsp3) is 0.231. The SMILES string of the molecule is COc1cc(C(NN)c2ccc(C)cc2)ncn1. The lowest BCUT2D eigenvalue weighted by Gasteiger charge is -2.16. The first-order valence-corrected chi connectivity index (χ1v) is 5.63. The molecule has 1 heterocycles. The zero-order chi connectivity index (χ0) is 13.0. The molecule has 3 N–H and O–H groups in total. The number of benzene rings is 1. The average molecular weight is 244 g/mol. The Morgan fingerprint density at radius 1 is 1.22 bits per heavy atom. The summed E-state index contributed by atoms with van der Waals surface area (Å²) >= 11 is 0. The molecular formula is C13H16N4O. The van der Waals surface area contributed by atoms with Gasteiger partial charge >= 0.3 is 0 Å². The van der Waals surface area contributed by atoms with Gasteiger partial charge in [-0.1, -0.05) is 29.8 Å². The Morgan fingerprint density at radius 3 is 2.56 bits per heavy atom. The van der Waals surface area contributed by atoms with Gasteiger partial charge in [0.1, 0.15) is 6.33 Å². The number of rotatable bonds is 4. The van der Waals surface area contributed by atoms with Crippen LogP contribution in [0.2, 0.25) is 0 Å². The number of hydrogen-bond acceptors (Lipinski definition) is 5. The smallest absolute Gasteiger partial charge is 0.216 e. The van der Waals surface area contributed by atoms with Crippen LogP contribution in [0.3, 0.4) is 0 Å². The molecule has 0 bridgehead atoms. The molecule has 2 rings (SSSR count). The van der Waals surface area contributed by atoms with Crippen molar-refractivity contribution in [2.75, 3.05) is 7.11 Å². The normalized spacial score (nSPS) is 12.2. The summed E-state index contributed by atoms with van der Waals surface area (Å²) in [7, 11) is 1.57. The summed E-state index contributed by atoms with van der Waals surface area (Å²) in [6.07, 6.45) is 1.46. The van der Waals surface area contributed by atoms with Crippen molar-refractivity contribution in [3.8, 4) is 5.88 Å². The van der Waals surface area contributed by atoms with E-state index in [1.807, 2.05) is 31.2 Å². The highest BCUT2D eigenvalue weighted by molar-refractivity contribution is 5.31. The number of nitrogens with zero attached hydrogens (tertiary/aromatic N) is 2. The van der Waals surface area contributed by atoms with Gasteiger partial charge in [-0.2, -0.15) is 0 Å². The highest BCUT2D eigenvalue weighted by Crippen LogP contribution is 2.21. The highest BCUT2D eigenvalue weighted by atomic mass is 16.5. The fourth-order valence-corrected chi connectivity index (χ4v) is 1.73. The van der Waals surface area contributed by atoms with E-state index < -0.39 is 0 Å². The molecule has 18 heavy (non-hydrogen) atoms. The second-order valence-electron chi connectivity index (χ2n) is 4.00. The standard InChI is InChI=1S/C13H16N4O/c1-9-3-5-10(6-4-9)13(17-14)11-7-12(18-2)16-8-15-11/h3-8,13,17H,14H2,1-2H3. The average Bonchev–Trinajstić information content (AvgIpc) is 2.42. The van der Waals surface area contributed by atoms with Crippen molar-refractivity contribution in [1.82, 2.24) is 15.4 Å². The van der Waals surface area contributed by atoms with Crippen molar-refractivity contribution in [2.24, 2.45) is 5.84 Å². The molecule has 1 aromatic carbocycles. The Bertz CT molecular complexity index is 513. The van der Waals surface area contributed by atoms with E-state index in [0.29, 0.717) is 5.88 Å². The first-order chi connectivity index (χ1) is 8.74. The summed E-state index contributed by atoms with van der Waals surface area (Å²) in [5.74, 6) is 6.14. The van der Waals surface area contributed by atoms with Crippen molar-refractivity contribution in [3.05, 3.63) is 53.5 Å². The molecule has 0 aliphatic heterocycles. The Hall–Kier alpha value is -1.98. The molecule has 0 aliphatic carbocycles. The second kappa shape index (κ2) is 5.57. The molecule has 0 radical (unpaired) electrons. The van der Waals surface area contributed by atoms with E-state index in [0.717, 1.165) is 11.3 Å². The summed E-state index contributed by atoms with van der Waals surface area (Å²) in [6.45, 7) is 2.04. The zero-order valence-electron chi connectivity index (χ0n) is 10.4. The second-order valence-corrected chi connectivity index (χ2v) is 4.00. The van der Waals surface area contributed by atoms with E-state index in [2.05, 4.69) is 15.4 Å². The Morgan fingerprint density at radius 2 is 1.94 bits per heavy atom. The number of methoxy groups -OCH3 is 1. The molecule has 0 saturated carbocycles. The maximum Gasteiger partial charge on any atom is 0.216 e. The molecular weight excluding hydrogens is 228 g/mol. The number of hydrazine groups is 1. The quantitative estimate of drug-likeness (QED) is 0.627. The summed E-state index contributed by atoms with van der Waals surface area (Å²) in [6, 6.07) is 9.71. The lowest BCUT2D eigenvalue weighted by Crippen LogP contribution is -2.29. The van der Waals surface area contributed by atoms with Gasteiger partial charge in [0, 0.05) is 6.07 Å². The number of hydrogen-bond donors (Lipinski definition) is 2. The third-order valence-electron chi connectivity index (χ3n) is 2.75. The first-order valence-electron chi connectivity index (χ1n) is 5.63. The Balaban J connectivity index is 2.35. The largest absolute Gasteiger partial charge is 0.481 e. The monoisotopic (exact) mass is 244 g/mol. The molecule has 0 aliphatic rings. The van der Waals surface area contributed by atoms with Gasteiger partial charge in [-0.25, -0.2) is 15.4 Å². The van der Waals surface area contributed by atoms with Gasteiger partial charge in [-0.15, -0.1) is 0 Å². The first kappa shape index (κ1) is 12.5. The lowest BCUT2D eigenvalue weighted by atomic mass is 10.0. The van der Waals surface area contributed by atoms with Crippen LogP contribution in [0.25, 0.3) is 0 Å². The molecule has 1 atom stereocenters. The summed E-state index contributed by atoms with van der Waals surface area (Å²) in [4.78, 5) is 8.20. The van der Waals surface area contributed by atoms with Gasteiger partial charge in [0.25, 0.3) is 0 Å². The molecule has 5 heteroatoms. The van der Waals surface area contributed by atoms with Crippen LogP contribution in [0.5, 0.6) is 5.88 Å². The van der Waals surface area contributed by atoms with Crippen LogP contribution in [-0.4, -0.2) is 17.1 Å². The van der Waals surface area contributed by atoms with Gasteiger partial charge in [0.05, 0.1) is 18.8 Å². The van der Waals surface area contributed by atoms with E-state index in [4.69, 9.17) is 10.6 Å². The van der Waals surface area contributed by atoms with E-state index in [-0.39, 0.29) is 6.04 Å². The Kier molecular flexibility index (Phi) is 3.86. The predicted molar refractivity (Wildman–Crippen MR) is 68.9 cm³/mol. The Labute approximate surface area is 106 Å². The van der Waals surface area contributed by atoms with Crippen LogP contribution in [0.1, 0.15) is 22.9 Å². The highest BCUT2D eigenvalue weighted by Gasteiger charge is 2.14. The molecule has 5 nitrogen and oxygen atoms in total. The van der Waals surface area contributed by atoms with E-state index >= 15 is 0 Å². The van der Waals surface area contributed by atoms with Crippen LogP contribution in [0.4, 0.5) is 0 Å². The number of aromatic nitrogens is 2. The van der Waals surface area contributed by atoms with Crippen LogP contribution < -0.4 is 16.0 Å². The van der Waals surface area contributed by atoms with Gasteiger partial charge < -0.3 is 4.74 Å². The summed E-state index contributed by atoms with van der Waals surface area (Å²) in [5.41, 5.74) is 5.78. The summed E-state index contributed by atoms with van der Waals surface area (Å²) < 4.78 is 5.08. The third kappa shape index (κ3) is 2.64. The van der Waals surface area contributed by atoms with E-state index in [1.165, 1.54) is 11.9 Å². The van der Waals surface area contributed by atoms with E-state index in [1.54, 1.807) is 13.2 Å². The molecule has 94 valence electrons. The minimum atomic E-state index is -0.178. The van der Waals surface area contributed by atoms with E-state index in [9.17, 15) is 0 Å². The number of nitrogens with one attached hydrogen (secondary N) is 1. The summed E-state index contributed by atoms with van der Waals surface area (Å²) in [5, 5.41) is 0. The predicted octanol–water partition coefficient (Wildman–Crippen LogP) is 1.35. The maximum atomic E-state index is 5.62. The van der Waals surface area contributed by atoms with Gasteiger partial charge in [0.15, 0.2) is 0 Å². The molecule has 1 aromatic heterocycles. The van der Waals surface area contributed by atoms with Crippen LogP contribution in [0, 0.1) is 6.92 Å². The molecule has 2 aromatic rings. The number of aryl methyl sites for hydroxylation is 1. The topological polar surface area (TPSA) is 73.1 Å². The van der Waals surface area contributed by atoms with Gasteiger partial charge in [-0.3, -0.25) is 5.84 Å². The molecule has 0 spiro atoms. The van der Waals surface area contributed by atoms with Crippen molar-refractivity contribution in [1.29, 1.82) is 0 Å². The zero-order valence-corrected chi connectivity index (χ0v) is 10.4. The van der Waals surface area contributed by atoms with Crippen molar-refractivity contribution < 1.29 is 4.74 Å². The minimum absolute atomic E-state index is 0.178. The lowest BCUT2D eigenvalue weighted by molar-refractivity contribution is 0.395. The minimum Gasteiger partial charge on any atom is -0.481 e. The van der Waals surface area contributed by atoms with Crippen molar-refractivity contribution >= 4 is 0 Å². The molecule has 0 fully saturated rings. The fourth-order valence-electron chi connectivity index (χ4n) is 1.73. The van der Waals surface area contributed by atoms with Crippen LogP contribution in [0.15, 0.2) is 36.7 Å². The maximum absolute atomic E-state index is 5.62. The van der Waals surface area contributed by atoms with Crippen LogP contribution in [-0.2, 0) is 0 Å². The third-order valence-corrected chi connectivity index (χ3v) is 2.75. The van der Waals surface area contributed by atoms with Crippen LogP contribution >= 0.6 is 0 Å².